The van der Waals surface area contributed by atoms with Crippen LogP contribution in [-0.4, -0.2) is 122 Å². The second kappa shape index (κ2) is 16.8. The number of rotatable bonds is 20. The molecular weight excluding hydrogens is 628 g/mol. The molecule has 0 rings (SSSR count). The van der Waals surface area contributed by atoms with E-state index in [-0.39, 0.29) is 0 Å². The highest BCUT2D eigenvalue weighted by Crippen LogP contribution is 2.22. The Labute approximate surface area is 247 Å². The third-order valence-corrected chi connectivity index (χ3v) is 4.60. The van der Waals surface area contributed by atoms with Gasteiger partial charge in [-0.3, -0.25) is 38.4 Å². The molecule has 4 atom stereocenters. The fraction of sp³-hybridized carbons (Fsp3) is 0.429. The standard InChI is InChI=1S/C21H24N4O20/c22-5(1-9(26)27)13(34)17(38)42-21(43-18(39)14(35)6(23)2-10(28)29,44-19(40)15(36)7(24)3-11(30)31)45-20(41)16(37)8(25)4-12(32)33/h5-8H,1-4,22-25H2,(H,26,27)(H,28,29)(H,30,31)(H,32,33)/t5-,6-,7-,8-/m0/s1. The highest BCUT2D eigenvalue weighted by molar-refractivity contribution is 6.39. The Morgan fingerprint density at radius 1 is 0.400 bits per heavy atom. The molecule has 0 aromatic carbocycles. The molecule has 0 aromatic rings. The third kappa shape index (κ3) is 13.0. The number of esters is 4. The van der Waals surface area contributed by atoms with Gasteiger partial charge in [-0.2, -0.15) is 0 Å². The maximum atomic E-state index is 12.5. The Morgan fingerprint density at radius 3 is 0.689 bits per heavy atom. The van der Waals surface area contributed by atoms with E-state index in [1.807, 2.05) is 0 Å². The molecule has 0 fully saturated rings. The second-order valence-corrected chi connectivity index (χ2v) is 8.33. The van der Waals surface area contributed by atoms with Crippen molar-refractivity contribution in [2.75, 3.05) is 0 Å². The van der Waals surface area contributed by atoms with E-state index in [2.05, 4.69) is 18.9 Å². The van der Waals surface area contributed by atoms with Crippen molar-refractivity contribution in [1.29, 1.82) is 0 Å². The molecule has 0 aliphatic rings. The van der Waals surface area contributed by atoms with E-state index in [0.29, 0.717) is 0 Å². The maximum Gasteiger partial charge on any atom is 0.621 e. The molecule has 0 aliphatic heterocycles. The van der Waals surface area contributed by atoms with Crippen LogP contribution in [0, 0.1) is 0 Å². The summed E-state index contributed by atoms with van der Waals surface area (Å²) in [6, 6.07) is -9.18. The zero-order chi connectivity index (χ0) is 35.4. The molecule has 0 amide bonds. The smallest absolute Gasteiger partial charge is 0.481 e. The van der Waals surface area contributed by atoms with Gasteiger partial charge in [0.1, 0.15) is 0 Å². The first-order valence-electron chi connectivity index (χ1n) is 11.5. The summed E-state index contributed by atoms with van der Waals surface area (Å²) < 4.78 is 16.9. The van der Waals surface area contributed by atoms with Crippen molar-refractivity contribution in [2.24, 2.45) is 22.9 Å². The van der Waals surface area contributed by atoms with Gasteiger partial charge in [-0.25, -0.2) is 19.2 Å². The molecule has 0 saturated carbocycles. The van der Waals surface area contributed by atoms with Crippen LogP contribution in [-0.2, 0) is 76.5 Å². The fourth-order valence-electron chi connectivity index (χ4n) is 2.51. The summed E-state index contributed by atoms with van der Waals surface area (Å²) in [5.41, 5.74) is 20.8. The fourth-order valence-corrected chi connectivity index (χ4v) is 2.51. The van der Waals surface area contributed by atoms with Gasteiger partial charge in [0.15, 0.2) is 0 Å². The quantitative estimate of drug-likeness (QED) is 0.0344. The van der Waals surface area contributed by atoms with Crippen molar-refractivity contribution in [3.8, 4) is 0 Å². The van der Waals surface area contributed by atoms with Crippen LogP contribution in [0.4, 0.5) is 0 Å². The molecule has 45 heavy (non-hydrogen) atoms. The Bertz CT molecular complexity index is 1110. The number of ether oxygens (including phenoxy) is 4. The molecule has 24 heteroatoms. The summed E-state index contributed by atoms with van der Waals surface area (Å²) in [4.78, 5) is 142. The minimum atomic E-state index is -4.68. The molecule has 0 aromatic heterocycles. The SMILES string of the molecule is N[C@@H](CC(=O)O)C(=O)C(=O)OC(OC(=O)C(=O)[C@@H](N)CC(=O)O)(OC(=O)C(=O)[C@@H](N)CC(=O)O)OC(=O)C(=O)[C@@H](N)CC(=O)O. The van der Waals surface area contributed by atoms with Crippen LogP contribution in [0.3, 0.4) is 0 Å². The van der Waals surface area contributed by atoms with E-state index in [1.165, 1.54) is 0 Å². The number of nitrogens with two attached hydrogens (primary N) is 4. The lowest BCUT2D eigenvalue weighted by Gasteiger charge is -2.28. The van der Waals surface area contributed by atoms with E-state index in [1.54, 1.807) is 0 Å². The van der Waals surface area contributed by atoms with Gasteiger partial charge in [0.05, 0.1) is 49.9 Å². The Morgan fingerprint density at radius 2 is 0.556 bits per heavy atom. The number of Topliss-reactive ketones (excluding diaryl/α,β-unsaturated/α-hetero) is 4. The Kier molecular flexibility index (Phi) is 14.7. The number of aliphatic carboxylic acids is 4. The van der Waals surface area contributed by atoms with Crippen molar-refractivity contribution in [2.45, 2.75) is 56.0 Å². The van der Waals surface area contributed by atoms with Crippen LogP contribution in [0.1, 0.15) is 25.7 Å². The molecule has 0 bridgehead atoms. The van der Waals surface area contributed by atoms with Crippen LogP contribution < -0.4 is 22.9 Å². The summed E-state index contributed by atoms with van der Waals surface area (Å²) in [5, 5.41) is 35.1. The lowest BCUT2D eigenvalue weighted by molar-refractivity contribution is -0.427. The van der Waals surface area contributed by atoms with E-state index in [9.17, 15) is 57.5 Å². The maximum absolute atomic E-state index is 12.5. The molecule has 0 spiro atoms. The van der Waals surface area contributed by atoms with Crippen molar-refractivity contribution < 1.29 is 96.9 Å². The number of ketones is 4. The summed E-state index contributed by atoms with van der Waals surface area (Å²) in [6.45, 7) is 0. The van der Waals surface area contributed by atoms with Gasteiger partial charge < -0.3 is 62.3 Å². The summed E-state index contributed by atoms with van der Waals surface area (Å²) in [6.07, 6.45) is -9.87. The molecular formula is C21H24N4O20. The first-order valence-corrected chi connectivity index (χ1v) is 11.5. The van der Waals surface area contributed by atoms with Crippen molar-refractivity contribution in [1.82, 2.24) is 0 Å². The first kappa shape index (κ1) is 39.3. The first-order chi connectivity index (χ1) is 20.5. The molecule has 248 valence electrons. The number of carboxylic acid groups (broad SMARTS) is 4. The normalized spacial score (nSPS) is 13.4. The zero-order valence-electron chi connectivity index (χ0n) is 22.3. The number of hydrogen-bond acceptors (Lipinski definition) is 20. The zero-order valence-corrected chi connectivity index (χ0v) is 22.3. The minimum absolute atomic E-state index is 1.30. The molecule has 0 unspecified atom stereocenters. The van der Waals surface area contributed by atoms with Crippen molar-refractivity contribution in [3.63, 3.8) is 0 Å². The molecule has 0 aliphatic carbocycles. The summed E-state index contributed by atoms with van der Waals surface area (Å²) in [7, 11) is 0. The molecule has 0 heterocycles. The number of carbonyl (C=O) groups is 12. The molecule has 0 radical (unpaired) electrons. The van der Waals surface area contributed by atoms with Crippen LogP contribution >= 0.6 is 0 Å². The number of carbonyl (C=O) groups excluding carboxylic acids is 8. The highest BCUT2D eigenvalue weighted by atomic mass is 17.0. The van der Waals surface area contributed by atoms with Crippen molar-refractivity contribution >= 4 is 70.9 Å². The largest absolute Gasteiger partial charge is 0.621 e. The van der Waals surface area contributed by atoms with Gasteiger partial charge in [0, 0.05) is 0 Å². The average Bonchev–Trinajstić information content (AvgIpc) is 2.89. The number of carboxylic acids is 4. The topological polar surface area (TPSA) is 427 Å². The van der Waals surface area contributed by atoms with Crippen LogP contribution in [0.5, 0.6) is 0 Å². The van der Waals surface area contributed by atoms with E-state index in [4.69, 9.17) is 43.4 Å². The lowest BCUT2D eigenvalue weighted by atomic mass is 10.1. The second-order valence-electron chi connectivity index (χ2n) is 8.33. The van der Waals surface area contributed by atoms with Gasteiger partial charge in [0.2, 0.25) is 0 Å². The van der Waals surface area contributed by atoms with Gasteiger partial charge >= 0.3 is 53.9 Å². The van der Waals surface area contributed by atoms with Crippen molar-refractivity contribution in [3.05, 3.63) is 0 Å². The Balaban J connectivity index is 7.02. The van der Waals surface area contributed by atoms with Gasteiger partial charge in [-0.1, -0.05) is 0 Å². The van der Waals surface area contributed by atoms with Gasteiger partial charge in [-0.15, -0.1) is 0 Å². The van der Waals surface area contributed by atoms with E-state index >= 15 is 0 Å². The lowest BCUT2D eigenvalue weighted by Crippen LogP contribution is -2.55. The molecule has 24 nitrogen and oxygen atoms in total. The van der Waals surface area contributed by atoms with Gasteiger partial charge in [-0.05, 0) is 0 Å². The summed E-state index contributed by atoms with van der Waals surface area (Å²) >= 11 is 0. The van der Waals surface area contributed by atoms with E-state index < -0.39 is 127 Å². The van der Waals surface area contributed by atoms with Gasteiger partial charge in [0.25, 0.3) is 23.1 Å². The Hall–Kier alpha value is -5.72. The molecule has 12 N–H and O–H groups in total. The molecule has 0 saturated heterocycles. The summed E-state index contributed by atoms with van der Waals surface area (Å²) in [5.74, 6) is -25.6. The predicted molar refractivity (Wildman–Crippen MR) is 128 cm³/mol. The van der Waals surface area contributed by atoms with Crippen LogP contribution in [0.25, 0.3) is 0 Å². The monoisotopic (exact) mass is 652 g/mol. The predicted octanol–water partition coefficient (Wildman–Crippen LogP) is -6.75. The van der Waals surface area contributed by atoms with E-state index in [0.717, 1.165) is 0 Å². The minimum Gasteiger partial charge on any atom is -0.481 e. The highest BCUT2D eigenvalue weighted by Gasteiger charge is 2.55. The third-order valence-electron chi connectivity index (χ3n) is 4.60. The van der Waals surface area contributed by atoms with Crippen LogP contribution in [0.2, 0.25) is 0 Å². The van der Waals surface area contributed by atoms with Crippen LogP contribution in [0.15, 0.2) is 0 Å². The average molecular weight is 652 g/mol. The number of hydrogen-bond donors (Lipinski definition) is 8.